The van der Waals surface area contributed by atoms with Crippen molar-refractivity contribution >= 4 is 17.5 Å². The number of anilines is 3. The largest absolute Gasteiger partial charge is 0.354 e. The van der Waals surface area contributed by atoms with Crippen LogP contribution in [0, 0.1) is 13.8 Å². The van der Waals surface area contributed by atoms with Crippen LogP contribution in [0.25, 0.3) is 0 Å². The molecule has 3 rings (SSSR count). The van der Waals surface area contributed by atoms with E-state index in [2.05, 4.69) is 45.7 Å². The molecule has 1 aromatic heterocycles. The fraction of sp³-hybridized carbons (Fsp3) is 0.400. The van der Waals surface area contributed by atoms with Crippen LogP contribution in [0.2, 0.25) is 0 Å². The second-order valence-electron chi connectivity index (χ2n) is 6.44. The Morgan fingerprint density at radius 1 is 1.08 bits per heavy atom. The van der Waals surface area contributed by atoms with Crippen molar-refractivity contribution in [3.8, 4) is 0 Å². The van der Waals surface area contributed by atoms with Crippen molar-refractivity contribution < 1.29 is 0 Å². The minimum Gasteiger partial charge on any atom is -0.354 e. The fourth-order valence-electron chi connectivity index (χ4n) is 3.03. The van der Waals surface area contributed by atoms with Gasteiger partial charge in [-0.15, -0.1) is 0 Å². The molecule has 4 heteroatoms. The van der Waals surface area contributed by atoms with Gasteiger partial charge in [-0.05, 0) is 57.6 Å². The fourth-order valence-corrected chi connectivity index (χ4v) is 3.03. The van der Waals surface area contributed by atoms with Gasteiger partial charge in [-0.2, -0.15) is 4.98 Å². The van der Waals surface area contributed by atoms with E-state index in [9.17, 15) is 0 Å². The Balaban J connectivity index is 1.63. The van der Waals surface area contributed by atoms with Gasteiger partial charge in [0.15, 0.2) is 0 Å². The van der Waals surface area contributed by atoms with Crippen LogP contribution in [-0.2, 0) is 0 Å². The van der Waals surface area contributed by atoms with Gasteiger partial charge in [0.25, 0.3) is 0 Å². The van der Waals surface area contributed by atoms with E-state index in [0.717, 1.165) is 30.2 Å². The normalized spacial score (nSPS) is 14.2. The standard InChI is InChI=1S/C20H26N4/c1-15-8-6-7-11-18(15)23-19-14-16(2)22-20(24-19)21-13-12-17-9-4-3-5-10-17/h6-9,11,14H,3-5,10,12-13H2,1-2H3,(H2,21,22,23,24). The maximum absolute atomic E-state index is 4.60. The Morgan fingerprint density at radius 3 is 2.75 bits per heavy atom. The molecule has 0 atom stereocenters. The van der Waals surface area contributed by atoms with E-state index < -0.39 is 0 Å². The number of hydrogen-bond donors (Lipinski definition) is 2. The second kappa shape index (κ2) is 7.95. The van der Waals surface area contributed by atoms with Crippen molar-refractivity contribution in [2.45, 2.75) is 46.0 Å². The minimum atomic E-state index is 0.697. The SMILES string of the molecule is Cc1cc(Nc2ccccc2C)nc(NCCC2=CCCCC2)n1. The number of aromatic nitrogens is 2. The van der Waals surface area contributed by atoms with Gasteiger partial charge in [0.1, 0.15) is 5.82 Å². The van der Waals surface area contributed by atoms with Crippen LogP contribution < -0.4 is 10.6 Å². The summed E-state index contributed by atoms with van der Waals surface area (Å²) in [7, 11) is 0. The molecule has 0 saturated carbocycles. The summed E-state index contributed by atoms with van der Waals surface area (Å²) in [5, 5.41) is 6.76. The monoisotopic (exact) mass is 322 g/mol. The molecule has 126 valence electrons. The summed E-state index contributed by atoms with van der Waals surface area (Å²) in [6.45, 7) is 4.98. The van der Waals surface area contributed by atoms with Gasteiger partial charge >= 0.3 is 0 Å². The lowest BCUT2D eigenvalue weighted by atomic mass is 9.97. The summed E-state index contributed by atoms with van der Waals surface area (Å²) in [5.41, 5.74) is 4.81. The first kappa shape index (κ1) is 16.5. The van der Waals surface area contributed by atoms with Gasteiger partial charge in [0.05, 0.1) is 0 Å². The zero-order valence-corrected chi connectivity index (χ0v) is 14.6. The molecule has 0 fully saturated rings. The first-order valence-corrected chi connectivity index (χ1v) is 8.81. The lowest BCUT2D eigenvalue weighted by Gasteiger charge is -2.14. The molecule has 0 amide bonds. The van der Waals surface area contributed by atoms with Gasteiger partial charge in [0.2, 0.25) is 5.95 Å². The Kier molecular flexibility index (Phi) is 5.47. The van der Waals surface area contributed by atoms with E-state index in [1.807, 2.05) is 25.1 Å². The molecule has 2 aromatic rings. The predicted octanol–water partition coefficient (Wildman–Crippen LogP) is 5.14. The third-order valence-electron chi connectivity index (χ3n) is 4.38. The number of hydrogen-bond acceptors (Lipinski definition) is 4. The number of allylic oxidation sites excluding steroid dienone is 1. The summed E-state index contributed by atoms with van der Waals surface area (Å²) in [4.78, 5) is 9.10. The highest BCUT2D eigenvalue weighted by Gasteiger charge is 2.06. The maximum Gasteiger partial charge on any atom is 0.224 e. The quantitative estimate of drug-likeness (QED) is 0.723. The summed E-state index contributed by atoms with van der Waals surface area (Å²) in [6, 6.07) is 10.2. The molecular weight excluding hydrogens is 296 g/mol. The molecule has 0 radical (unpaired) electrons. The highest BCUT2D eigenvalue weighted by molar-refractivity contribution is 5.61. The number of para-hydroxylation sites is 1. The Bertz CT molecular complexity index is 721. The molecule has 4 nitrogen and oxygen atoms in total. The zero-order chi connectivity index (χ0) is 16.8. The number of nitrogens with zero attached hydrogens (tertiary/aromatic N) is 2. The first-order chi connectivity index (χ1) is 11.7. The van der Waals surface area contributed by atoms with E-state index in [0.29, 0.717) is 5.95 Å². The molecule has 0 saturated heterocycles. The Morgan fingerprint density at radius 2 is 1.96 bits per heavy atom. The lowest BCUT2D eigenvalue weighted by Crippen LogP contribution is -2.09. The molecule has 0 spiro atoms. The highest BCUT2D eigenvalue weighted by Crippen LogP contribution is 2.21. The predicted molar refractivity (Wildman–Crippen MR) is 101 cm³/mol. The van der Waals surface area contributed by atoms with Crippen LogP contribution in [0.15, 0.2) is 42.0 Å². The zero-order valence-electron chi connectivity index (χ0n) is 14.6. The second-order valence-corrected chi connectivity index (χ2v) is 6.44. The van der Waals surface area contributed by atoms with Gasteiger partial charge in [-0.25, -0.2) is 4.98 Å². The first-order valence-electron chi connectivity index (χ1n) is 8.81. The molecule has 0 aliphatic heterocycles. The molecule has 24 heavy (non-hydrogen) atoms. The van der Waals surface area contributed by atoms with Crippen LogP contribution in [0.1, 0.15) is 43.4 Å². The van der Waals surface area contributed by atoms with Crippen LogP contribution in [0.5, 0.6) is 0 Å². The summed E-state index contributed by atoms with van der Waals surface area (Å²) in [6.07, 6.45) is 8.63. The smallest absolute Gasteiger partial charge is 0.224 e. The Hall–Kier alpha value is -2.36. The number of benzene rings is 1. The average Bonchev–Trinajstić information content (AvgIpc) is 2.57. The lowest BCUT2D eigenvalue weighted by molar-refractivity contribution is 0.679. The highest BCUT2D eigenvalue weighted by atomic mass is 15.1. The maximum atomic E-state index is 4.60. The van der Waals surface area contributed by atoms with Crippen molar-refractivity contribution in [2.24, 2.45) is 0 Å². The van der Waals surface area contributed by atoms with E-state index in [4.69, 9.17) is 0 Å². The van der Waals surface area contributed by atoms with E-state index >= 15 is 0 Å². The van der Waals surface area contributed by atoms with Crippen molar-refractivity contribution in [3.05, 3.63) is 53.2 Å². The topological polar surface area (TPSA) is 49.8 Å². The summed E-state index contributed by atoms with van der Waals surface area (Å²) >= 11 is 0. The number of nitrogens with one attached hydrogen (secondary N) is 2. The van der Waals surface area contributed by atoms with Crippen molar-refractivity contribution in [3.63, 3.8) is 0 Å². The molecule has 1 aliphatic rings. The number of aryl methyl sites for hydroxylation is 2. The van der Waals surface area contributed by atoms with E-state index in [1.165, 1.54) is 31.2 Å². The Labute approximate surface area is 144 Å². The summed E-state index contributed by atoms with van der Waals surface area (Å²) in [5.74, 6) is 1.53. The van der Waals surface area contributed by atoms with Crippen LogP contribution in [-0.4, -0.2) is 16.5 Å². The van der Waals surface area contributed by atoms with E-state index in [-0.39, 0.29) is 0 Å². The molecule has 1 aliphatic carbocycles. The number of rotatable bonds is 6. The van der Waals surface area contributed by atoms with Gasteiger partial charge in [0, 0.05) is 24.0 Å². The molecular formula is C20H26N4. The van der Waals surface area contributed by atoms with Crippen LogP contribution >= 0.6 is 0 Å². The average molecular weight is 322 g/mol. The van der Waals surface area contributed by atoms with Gasteiger partial charge in [-0.3, -0.25) is 0 Å². The van der Waals surface area contributed by atoms with Crippen molar-refractivity contribution in [1.82, 2.24) is 9.97 Å². The van der Waals surface area contributed by atoms with Crippen molar-refractivity contribution in [2.75, 3.05) is 17.2 Å². The summed E-state index contributed by atoms with van der Waals surface area (Å²) < 4.78 is 0. The van der Waals surface area contributed by atoms with Crippen molar-refractivity contribution in [1.29, 1.82) is 0 Å². The molecule has 0 unspecified atom stereocenters. The van der Waals surface area contributed by atoms with Crippen LogP contribution in [0.4, 0.5) is 17.5 Å². The molecule has 1 heterocycles. The minimum absolute atomic E-state index is 0.697. The van der Waals surface area contributed by atoms with E-state index in [1.54, 1.807) is 5.57 Å². The molecule has 1 aromatic carbocycles. The van der Waals surface area contributed by atoms with Crippen LogP contribution in [0.3, 0.4) is 0 Å². The van der Waals surface area contributed by atoms with Gasteiger partial charge in [-0.1, -0.05) is 29.8 Å². The molecule has 0 bridgehead atoms. The molecule has 2 N–H and O–H groups in total. The van der Waals surface area contributed by atoms with Gasteiger partial charge < -0.3 is 10.6 Å². The third-order valence-corrected chi connectivity index (χ3v) is 4.38. The third kappa shape index (κ3) is 4.57.